The summed E-state index contributed by atoms with van der Waals surface area (Å²) in [7, 11) is -1.72. The number of hydrogen-bond donors (Lipinski definition) is 1. The molecule has 3 rings (SSSR count). The van der Waals surface area contributed by atoms with Gasteiger partial charge in [-0.2, -0.15) is 35.9 Å². The first kappa shape index (κ1) is 31.3. The van der Waals surface area contributed by atoms with E-state index in [0.717, 1.165) is 27.7 Å². The van der Waals surface area contributed by atoms with Gasteiger partial charge in [-0.25, -0.2) is 13.4 Å². The number of rotatable bonds is 6. The van der Waals surface area contributed by atoms with Crippen molar-refractivity contribution in [2.24, 2.45) is 4.99 Å². The number of carbonyl (C=O) groups excluding carboxylic acids is 1. The number of halogens is 6. The van der Waals surface area contributed by atoms with Gasteiger partial charge in [-0.3, -0.25) is 4.79 Å². The lowest BCUT2D eigenvalue weighted by molar-refractivity contribution is -0.254. The second kappa shape index (κ2) is 11.0. The first-order chi connectivity index (χ1) is 18.3. The maximum atomic E-state index is 13.8. The normalized spacial score (nSPS) is 18.9. The average molecular weight is 612 g/mol. The van der Waals surface area contributed by atoms with E-state index >= 15 is 0 Å². The molecule has 218 valence electrons. The minimum absolute atomic E-state index is 0.0381. The van der Waals surface area contributed by atoms with E-state index in [-0.39, 0.29) is 42.2 Å². The number of amides is 1. The fourth-order valence-electron chi connectivity index (χ4n) is 4.02. The van der Waals surface area contributed by atoms with Crippen molar-refractivity contribution < 1.29 is 44.7 Å². The third kappa shape index (κ3) is 5.94. The summed E-state index contributed by atoms with van der Waals surface area (Å²) in [4.78, 5) is 16.9. The molecular weight excluding hydrogens is 588 g/mol. The van der Waals surface area contributed by atoms with Crippen LogP contribution in [0.2, 0.25) is 0 Å². The van der Waals surface area contributed by atoms with Gasteiger partial charge in [0, 0.05) is 45.5 Å². The van der Waals surface area contributed by atoms with Gasteiger partial charge >= 0.3 is 12.4 Å². The standard InChI is InChI=1S/C23H23F6N5O4S2/c1-14-12-33(17-5-4-15(11-30)10-16(17)22(24,25)26)8-9-34(14)40(37,38)19-7-6-18(39-19)21(36,23(27,28)29)20(35)31-13-32(2)3/h4-7,10,13-14,36H,8-9,12H2,1-3H3/b31-13-/t14-,21?/m1/s1. The summed E-state index contributed by atoms with van der Waals surface area (Å²) in [6, 6.07) is 5.23. The summed E-state index contributed by atoms with van der Waals surface area (Å²) in [5.41, 5.74) is -5.62. The van der Waals surface area contributed by atoms with Crippen molar-refractivity contribution in [3.63, 3.8) is 0 Å². The van der Waals surface area contributed by atoms with Gasteiger partial charge < -0.3 is 14.9 Å². The van der Waals surface area contributed by atoms with E-state index in [0.29, 0.717) is 12.1 Å². The molecular formula is C23H23F6N5O4S2. The van der Waals surface area contributed by atoms with Gasteiger partial charge in [-0.05, 0) is 37.3 Å². The van der Waals surface area contributed by atoms with Gasteiger partial charge in [0.25, 0.3) is 21.5 Å². The van der Waals surface area contributed by atoms with Crippen LogP contribution in [0.3, 0.4) is 0 Å². The zero-order valence-electron chi connectivity index (χ0n) is 21.2. The molecule has 0 bridgehead atoms. The number of nitrogens with zero attached hydrogens (tertiary/aromatic N) is 5. The van der Waals surface area contributed by atoms with Crippen LogP contribution in [0.25, 0.3) is 0 Å². The molecule has 1 aliphatic heterocycles. The summed E-state index contributed by atoms with van der Waals surface area (Å²) in [6.45, 7) is 0.710. The highest BCUT2D eigenvalue weighted by Crippen LogP contribution is 2.44. The molecule has 0 aliphatic carbocycles. The van der Waals surface area contributed by atoms with E-state index < -0.39 is 54.6 Å². The molecule has 1 saturated heterocycles. The zero-order chi connectivity index (χ0) is 30.3. The van der Waals surface area contributed by atoms with Crippen molar-refractivity contribution in [1.29, 1.82) is 5.26 Å². The molecule has 17 heteroatoms. The van der Waals surface area contributed by atoms with E-state index in [1.54, 1.807) is 6.07 Å². The lowest BCUT2D eigenvalue weighted by atomic mass is 10.0. The van der Waals surface area contributed by atoms with E-state index in [9.17, 15) is 44.7 Å². The van der Waals surface area contributed by atoms with Crippen LogP contribution in [0.4, 0.5) is 32.0 Å². The topological polar surface area (TPSA) is 117 Å². The monoisotopic (exact) mass is 611 g/mol. The van der Waals surface area contributed by atoms with E-state index in [1.807, 2.05) is 0 Å². The Morgan fingerprint density at radius 2 is 1.82 bits per heavy atom. The number of alkyl halides is 6. The van der Waals surface area contributed by atoms with Crippen LogP contribution in [0.5, 0.6) is 0 Å². The van der Waals surface area contributed by atoms with Crippen LogP contribution in [-0.2, 0) is 26.6 Å². The quantitative estimate of drug-likeness (QED) is 0.302. The lowest BCUT2D eigenvalue weighted by Crippen LogP contribution is -2.54. The fourth-order valence-corrected chi connectivity index (χ4v) is 7.17. The number of thiophene rings is 1. The predicted molar refractivity (Wildman–Crippen MR) is 133 cm³/mol. The molecule has 0 radical (unpaired) electrons. The Balaban J connectivity index is 1.91. The van der Waals surface area contributed by atoms with Crippen LogP contribution in [-0.4, -0.2) is 80.9 Å². The molecule has 1 aromatic carbocycles. The van der Waals surface area contributed by atoms with Crippen molar-refractivity contribution >= 4 is 39.3 Å². The first-order valence-electron chi connectivity index (χ1n) is 11.4. The number of aliphatic imine (C=N–C) groups is 1. The Labute approximate surface area is 229 Å². The molecule has 2 aromatic rings. The Morgan fingerprint density at radius 1 is 1.18 bits per heavy atom. The van der Waals surface area contributed by atoms with Gasteiger partial charge in [0.2, 0.25) is 0 Å². The third-order valence-electron chi connectivity index (χ3n) is 5.96. The smallest absolute Gasteiger partial charge is 0.369 e. The molecule has 0 spiro atoms. The molecule has 2 atom stereocenters. The molecule has 2 heterocycles. The molecule has 40 heavy (non-hydrogen) atoms. The van der Waals surface area contributed by atoms with Crippen molar-refractivity contribution in [2.75, 3.05) is 38.6 Å². The van der Waals surface area contributed by atoms with Gasteiger partial charge in [-0.1, -0.05) is 0 Å². The molecule has 1 amide bonds. The summed E-state index contributed by atoms with van der Waals surface area (Å²) in [5, 5.41) is 19.4. The number of nitriles is 1. The zero-order valence-corrected chi connectivity index (χ0v) is 22.8. The largest absolute Gasteiger partial charge is 0.431 e. The number of sulfonamides is 1. The van der Waals surface area contributed by atoms with Crippen molar-refractivity contribution in [2.45, 2.75) is 35.1 Å². The summed E-state index contributed by atoms with van der Waals surface area (Å²) in [6.07, 6.45) is -9.56. The van der Waals surface area contributed by atoms with E-state index in [4.69, 9.17) is 5.26 Å². The number of benzene rings is 1. The minimum atomic E-state index is -5.53. The summed E-state index contributed by atoms with van der Waals surface area (Å²) >= 11 is 0.0381. The summed E-state index contributed by atoms with van der Waals surface area (Å²) < 4.78 is 109. The molecule has 0 saturated carbocycles. The van der Waals surface area contributed by atoms with Crippen LogP contribution < -0.4 is 4.90 Å². The van der Waals surface area contributed by atoms with Crippen LogP contribution in [0.1, 0.15) is 22.9 Å². The van der Waals surface area contributed by atoms with Crippen LogP contribution in [0.15, 0.2) is 39.5 Å². The Kier molecular flexibility index (Phi) is 8.61. The highest BCUT2D eigenvalue weighted by molar-refractivity contribution is 7.91. The van der Waals surface area contributed by atoms with Crippen LogP contribution >= 0.6 is 11.3 Å². The Bertz CT molecular complexity index is 1450. The average Bonchev–Trinajstić information content (AvgIpc) is 3.36. The number of hydrogen-bond acceptors (Lipinski definition) is 7. The Hall–Kier alpha value is -3.20. The Morgan fingerprint density at radius 3 is 2.35 bits per heavy atom. The van der Waals surface area contributed by atoms with Crippen LogP contribution in [0, 0.1) is 11.3 Å². The first-order valence-corrected chi connectivity index (χ1v) is 13.6. The second-order valence-electron chi connectivity index (χ2n) is 9.09. The van der Waals surface area contributed by atoms with Gasteiger partial charge in [0.05, 0.1) is 28.4 Å². The van der Waals surface area contributed by atoms with E-state index in [2.05, 4.69) is 4.99 Å². The van der Waals surface area contributed by atoms with Crippen molar-refractivity contribution in [3.8, 4) is 6.07 Å². The fraction of sp³-hybridized carbons (Fsp3) is 0.435. The number of carbonyl (C=O) groups is 1. The van der Waals surface area contributed by atoms with Gasteiger partial charge in [0.15, 0.2) is 0 Å². The maximum Gasteiger partial charge on any atom is 0.431 e. The van der Waals surface area contributed by atoms with E-state index in [1.165, 1.54) is 32.0 Å². The molecule has 1 unspecified atom stereocenters. The highest BCUT2D eigenvalue weighted by atomic mass is 32.2. The number of anilines is 1. The number of aliphatic hydroxyl groups is 1. The third-order valence-corrected chi connectivity index (χ3v) is 9.64. The molecule has 1 aromatic heterocycles. The molecule has 1 fully saturated rings. The maximum absolute atomic E-state index is 13.8. The number of piperazine rings is 1. The lowest BCUT2D eigenvalue weighted by Gasteiger charge is -2.40. The minimum Gasteiger partial charge on any atom is -0.369 e. The summed E-state index contributed by atoms with van der Waals surface area (Å²) in [5.74, 6) is -1.97. The van der Waals surface area contributed by atoms with Crippen molar-refractivity contribution in [3.05, 3.63) is 46.3 Å². The van der Waals surface area contributed by atoms with Gasteiger partial charge in [-0.15, -0.1) is 11.3 Å². The molecule has 9 nitrogen and oxygen atoms in total. The molecule has 1 aliphatic rings. The highest BCUT2D eigenvalue weighted by Gasteiger charge is 2.62. The van der Waals surface area contributed by atoms with Crippen molar-refractivity contribution in [1.82, 2.24) is 9.21 Å². The second-order valence-corrected chi connectivity index (χ2v) is 12.3. The predicted octanol–water partition coefficient (Wildman–Crippen LogP) is 3.40. The van der Waals surface area contributed by atoms with Gasteiger partial charge in [0.1, 0.15) is 4.21 Å². The molecule has 1 N–H and O–H groups in total. The SMILES string of the molecule is C[C@@H]1CN(c2ccc(C#N)cc2C(F)(F)F)CCN1S(=O)(=O)c1ccc(C(O)(C(=O)/N=C\N(C)C)C(F)(F)F)s1.